The third-order valence-electron chi connectivity index (χ3n) is 10.9. The highest BCUT2D eigenvalue weighted by Crippen LogP contribution is 2.46. The van der Waals surface area contributed by atoms with E-state index in [1.165, 1.54) is 6.20 Å². The summed E-state index contributed by atoms with van der Waals surface area (Å²) >= 11 is 0. The molecule has 5 saturated heterocycles. The number of fused-ring (bicyclic) bond motifs is 4. The first-order valence-electron chi connectivity index (χ1n) is 16.0. The number of alkyl halides is 3. The minimum atomic E-state index is -5.00. The maximum absolute atomic E-state index is 16.7. The average Bonchev–Trinajstić information content (AvgIpc) is 3.61. The van der Waals surface area contributed by atoms with Crippen LogP contribution in [0.2, 0.25) is 0 Å². The van der Waals surface area contributed by atoms with Crippen molar-refractivity contribution < 1.29 is 31.4 Å². The second-order valence-electron chi connectivity index (χ2n) is 14.0. The van der Waals surface area contributed by atoms with Gasteiger partial charge in [0.15, 0.2) is 11.6 Å². The third kappa shape index (κ3) is 4.85. The van der Waals surface area contributed by atoms with Crippen LogP contribution >= 0.6 is 0 Å². The van der Waals surface area contributed by atoms with Gasteiger partial charge in [-0.3, -0.25) is 9.88 Å². The zero-order chi connectivity index (χ0) is 32.9. The normalized spacial score (nSPS) is 27.9. The van der Waals surface area contributed by atoms with Crippen molar-refractivity contribution in [1.82, 2.24) is 25.2 Å². The monoisotopic (exact) mass is 657 g/mol. The average molecular weight is 658 g/mol. The van der Waals surface area contributed by atoms with Crippen molar-refractivity contribution in [3.05, 3.63) is 47.2 Å². The van der Waals surface area contributed by atoms with E-state index in [4.69, 9.17) is 20.2 Å². The molecule has 5 aliphatic heterocycles. The number of halogens is 5. The molecular weight excluding hydrogens is 621 g/mol. The SMILES string of the molecule is C=C1CN2CCC[C@@]2(COc2nc(N3CC4CCC(C5COC5)(C3)N4)c3cnc(-c4c(F)c(N)cc(C)c4C(F)(F)F)c(F)c3n2)C1. The van der Waals surface area contributed by atoms with E-state index in [-0.39, 0.29) is 46.2 Å². The number of hydrogen-bond acceptors (Lipinski definition) is 9. The first-order chi connectivity index (χ1) is 22.4. The number of nitrogens with one attached hydrogen (secondary N) is 1. The predicted molar refractivity (Wildman–Crippen MR) is 165 cm³/mol. The van der Waals surface area contributed by atoms with Crippen LogP contribution in [0.1, 0.15) is 43.2 Å². The van der Waals surface area contributed by atoms with Gasteiger partial charge in [0, 0.05) is 43.3 Å². The zero-order valence-corrected chi connectivity index (χ0v) is 26.0. The molecule has 5 aliphatic rings. The number of hydrogen-bond donors (Lipinski definition) is 2. The quantitative estimate of drug-likeness (QED) is 0.215. The Kier molecular flexibility index (Phi) is 6.98. The van der Waals surface area contributed by atoms with Crippen molar-refractivity contribution in [2.45, 2.75) is 62.3 Å². The number of rotatable bonds is 6. The number of nitrogens with zero attached hydrogens (tertiary/aromatic N) is 5. The number of nitrogens with two attached hydrogens (primary N) is 1. The summed E-state index contributed by atoms with van der Waals surface area (Å²) < 4.78 is 86.8. The number of pyridine rings is 1. The van der Waals surface area contributed by atoms with E-state index in [0.717, 1.165) is 63.8 Å². The minimum absolute atomic E-state index is 0.102. The van der Waals surface area contributed by atoms with Crippen LogP contribution in [0, 0.1) is 24.5 Å². The fraction of sp³-hybridized carbons (Fsp3) is 0.545. The van der Waals surface area contributed by atoms with Gasteiger partial charge in [0.1, 0.15) is 23.6 Å². The van der Waals surface area contributed by atoms with Gasteiger partial charge in [-0.2, -0.15) is 23.1 Å². The minimum Gasteiger partial charge on any atom is -0.461 e. The van der Waals surface area contributed by atoms with E-state index in [1.54, 1.807) is 0 Å². The first-order valence-corrected chi connectivity index (χ1v) is 16.0. The molecule has 7 heterocycles. The summed E-state index contributed by atoms with van der Waals surface area (Å²) in [6, 6.07) is 0.942. The van der Waals surface area contributed by atoms with Gasteiger partial charge >= 0.3 is 12.2 Å². The largest absolute Gasteiger partial charge is 0.461 e. The fourth-order valence-corrected chi connectivity index (χ4v) is 8.64. The van der Waals surface area contributed by atoms with Crippen molar-refractivity contribution >= 4 is 22.4 Å². The van der Waals surface area contributed by atoms with Crippen molar-refractivity contribution in [3.63, 3.8) is 0 Å². The maximum Gasteiger partial charge on any atom is 0.417 e. The molecule has 8 rings (SSSR count). The van der Waals surface area contributed by atoms with Crippen molar-refractivity contribution in [3.8, 4) is 17.3 Å². The van der Waals surface area contributed by atoms with Crippen LogP contribution in [-0.4, -0.2) is 83.0 Å². The molecule has 0 saturated carbocycles. The third-order valence-corrected chi connectivity index (χ3v) is 10.9. The number of nitrogen functional groups attached to an aromatic ring is 1. The molecule has 250 valence electrons. The van der Waals surface area contributed by atoms with Crippen LogP contribution < -0.4 is 20.7 Å². The van der Waals surface area contributed by atoms with Gasteiger partial charge in [-0.05, 0) is 57.2 Å². The molecule has 3 N–H and O–H groups in total. The number of benzene rings is 1. The van der Waals surface area contributed by atoms with Crippen LogP contribution in [0.4, 0.5) is 33.5 Å². The summed E-state index contributed by atoms with van der Waals surface area (Å²) in [5.41, 5.74) is 1.95. The Hall–Kier alpha value is -3.62. The van der Waals surface area contributed by atoms with E-state index in [2.05, 4.69) is 31.7 Å². The highest BCUT2D eigenvalue weighted by atomic mass is 19.4. The molecule has 3 atom stereocenters. The fourth-order valence-electron chi connectivity index (χ4n) is 8.64. The van der Waals surface area contributed by atoms with E-state index >= 15 is 8.78 Å². The van der Waals surface area contributed by atoms with Crippen LogP contribution in [0.15, 0.2) is 24.4 Å². The molecule has 0 radical (unpaired) electrons. The summed E-state index contributed by atoms with van der Waals surface area (Å²) in [6.07, 6.45) is 0.788. The van der Waals surface area contributed by atoms with E-state index < -0.39 is 40.3 Å². The molecule has 0 spiro atoms. The van der Waals surface area contributed by atoms with E-state index in [0.29, 0.717) is 38.0 Å². The van der Waals surface area contributed by atoms with E-state index in [1.807, 2.05) is 0 Å². The lowest BCUT2D eigenvalue weighted by Gasteiger charge is -2.49. The summed E-state index contributed by atoms with van der Waals surface area (Å²) in [6.45, 7) is 9.67. The van der Waals surface area contributed by atoms with Gasteiger partial charge in [0.25, 0.3) is 0 Å². The number of aryl methyl sites for hydroxylation is 1. The van der Waals surface area contributed by atoms with Gasteiger partial charge in [-0.15, -0.1) is 0 Å². The number of ether oxygens (including phenoxy) is 2. The second-order valence-corrected chi connectivity index (χ2v) is 14.0. The molecule has 0 aliphatic carbocycles. The molecule has 3 aromatic rings. The molecule has 2 bridgehead atoms. The molecule has 2 unspecified atom stereocenters. The van der Waals surface area contributed by atoms with Gasteiger partial charge < -0.3 is 25.4 Å². The highest BCUT2D eigenvalue weighted by molar-refractivity contribution is 5.92. The second kappa shape index (κ2) is 10.7. The van der Waals surface area contributed by atoms with E-state index in [9.17, 15) is 13.2 Å². The Balaban J connectivity index is 1.27. The van der Waals surface area contributed by atoms with Gasteiger partial charge in [-0.1, -0.05) is 12.2 Å². The Morgan fingerprint density at radius 2 is 2.00 bits per heavy atom. The lowest BCUT2D eigenvalue weighted by Crippen LogP contribution is -2.66. The van der Waals surface area contributed by atoms with Crippen molar-refractivity contribution in [2.75, 3.05) is 56.6 Å². The van der Waals surface area contributed by atoms with Crippen LogP contribution in [0.3, 0.4) is 0 Å². The summed E-state index contributed by atoms with van der Waals surface area (Å²) in [4.78, 5) is 17.7. The molecule has 0 amide bonds. The molecule has 5 fully saturated rings. The lowest BCUT2D eigenvalue weighted by molar-refractivity contribution is -0.137. The van der Waals surface area contributed by atoms with Crippen LogP contribution in [0.5, 0.6) is 6.01 Å². The summed E-state index contributed by atoms with van der Waals surface area (Å²) in [5, 5.41) is 3.98. The van der Waals surface area contributed by atoms with Gasteiger partial charge in [-0.25, -0.2) is 8.78 Å². The lowest BCUT2D eigenvalue weighted by atomic mass is 9.80. The smallest absolute Gasteiger partial charge is 0.417 e. The van der Waals surface area contributed by atoms with Crippen molar-refractivity contribution in [1.29, 1.82) is 0 Å². The van der Waals surface area contributed by atoms with Crippen LogP contribution in [0.25, 0.3) is 22.2 Å². The van der Waals surface area contributed by atoms with Gasteiger partial charge in [0.2, 0.25) is 0 Å². The Labute approximate surface area is 268 Å². The highest BCUT2D eigenvalue weighted by Gasteiger charge is 2.52. The maximum atomic E-state index is 16.7. The van der Waals surface area contributed by atoms with Gasteiger partial charge in [0.05, 0.1) is 41.0 Å². The number of anilines is 2. The standard InChI is InChI=1S/C33H36F5N7O2/c1-17-9-31(5-3-7-45(31)11-17)16-47-30-41-27-21(29(42-30)44-12-20-4-6-32(15-44,43-20)19-13-46-14-19)10-40-28(26(27)35)23-24(33(36,37)38)18(2)8-22(39)25(23)34/h8,10,19-20,43H,1,3-7,9,11-16,39H2,2H3/t20?,31-,32?/m0/s1. The summed E-state index contributed by atoms with van der Waals surface area (Å²) in [5.74, 6) is -1.93. The predicted octanol–water partition coefficient (Wildman–Crippen LogP) is 5.01. The Morgan fingerprint density at radius 3 is 2.74 bits per heavy atom. The molecule has 47 heavy (non-hydrogen) atoms. The molecular formula is C33H36F5N7O2. The molecule has 2 aromatic heterocycles. The molecule has 9 nitrogen and oxygen atoms in total. The van der Waals surface area contributed by atoms with Crippen LogP contribution in [-0.2, 0) is 10.9 Å². The van der Waals surface area contributed by atoms with Crippen molar-refractivity contribution in [2.24, 2.45) is 5.92 Å². The number of aromatic nitrogens is 3. The molecule has 1 aromatic carbocycles. The molecule has 14 heteroatoms. The summed E-state index contributed by atoms with van der Waals surface area (Å²) in [7, 11) is 0. The zero-order valence-electron chi connectivity index (χ0n) is 26.0. The topological polar surface area (TPSA) is 102 Å². The first kappa shape index (κ1) is 30.7. The Morgan fingerprint density at radius 1 is 1.19 bits per heavy atom. The number of piperazine rings is 1. The Bertz CT molecular complexity index is 1800.